The van der Waals surface area contributed by atoms with Crippen LogP contribution in [0.2, 0.25) is 0 Å². The van der Waals surface area contributed by atoms with E-state index < -0.39 is 5.63 Å². The molecule has 0 saturated heterocycles. The number of nitrogens with one attached hydrogen (secondary N) is 1. The molecule has 0 aliphatic rings. The smallest absolute Gasteiger partial charge is 0.338 e. The molecule has 82 valence electrons. The summed E-state index contributed by atoms with van der Waals surface area (Å²) in [7, 11) is 0. The second-order valence-corrected chi connectivity index (χ2v) is 3.57. The summed E-state index contributed by atoms with van der Waals surface area (Å²) < 4.78 is 4.64. The van der Waals surface area contributed by atoms with Crippen LogP contribution in [0.4, 0.5) is 5.69 Å². The van der Waals surface area contributed by atoms with Crippen molar-refractivity contribution in [2.24, 2.45) is 4.99 Å². The third-order valence-electron chi connectivity index (χ3n) is 2.37. The van der Waals surface area contributed by atoms with Crippen LogP contribution in [-0.2, 0) is 0 Å². The van der Waals surface area contributed by atoms with Crippen LogP contribution in [0.25, 0.3) is 0 Å². The standard InChI is InChI=1S/C12H12N2O2/c1-8-5-3-4-6-11(8)13-7-10-9(2)14-16-12(10)15/h3-7,14H,1-2H3. The molecular formula is C12H12N2O2. The number of hydrogen-bond donors (Lipinski definition) is 1. The van der Waals surface area contributed by atoms with E-state index in [1.54, 1.807) is 6.92 Å². The average Bonchev–Trinajstić information content (AvgIpc) is 2.58. The largest absolute Gasteiger partial charge is 0.366 e. The number of nitrogens with zero attached hydrogens (tertiary/aromatic N) is 1. The third-order valence-corrected chi connectivity index (χ3v) is 2.37. The molecule has 0 amide bonds. The van der Waals surface area contributed by atoms with E-state index in [0.717, 1.165) is 11.3 Å². The molecule has 0 aliphatic heterocycles. The van der Waals surface area contributed by atoms with Crippen molar-refractivity contribution in [1.29, 1.82) is 0 Å². The van der Waals surface area contributed by atoms with Crippen LogP contribution in [0.1, 0.15) is 16.8 Å². The molecule has 0 radical (unpaired) electrons. The highest BCUT2D eigenvalue weighted by molar-refractivity contribution is 5.82. The topological polar surface area (TPSA) is 58.4 Å². The minimum absolute atomic E-state index is 0.394. The monoisotopic (exact) mass is 216 g/mol. The van der Waals surface area contributed by atoms with Gasteiger partial charge in [-0.2, -0.15) is 0 Å². The van der Waals surface area contributed by atoms with Crippen LogP contribution < -0.4 is 5.63 Å². The number of benzene rings is 1. The lowest BCUT2D eigenvalue weighted by Gasteiger charge is -1.96. The summed E-state index contributed by atoms with van der Waals surface area (Å²) in [6, 6.07) is 7.73. The Labute approximate surface area is 92.6 Å². The van der Waals surface area contributed by atoms with E-state index in [2.05, 4.69) is 14.7 Å². The number of aryl methyl sites for hydroxylation is 2. The van der Waals surface area contributed by atoms with E-state index in [1.807, 2.05) is 31.2 Å². The molecule has 0 unspecified atom stereocenters. The molecular weight excluding hydrogens is 204 g/mol. The summed E-state index contributed by atoms with van der Waals surface area (Å²) in [6.07, 6.45) is 1.53. The van der Waals surface area contributed by atoms with Gasteiger partial charge >= 0.3 is 5.63 Å². The molecule has 2 rings (SSSR count). The maximum atomic E-state index is 11.3. The Morgan fingerprint density at radius 2 is 2.06 bits per heavy atom. The number of aliphatic imine (C=N–C) groups is 1. The first-order chi connectivity index (χ1) is 7.68. The summed E-state index contributed by atoms with van der Waals surface area (Å²) >= 11 is 0. The number of rotatable bonds is 2. The highest BCUT2D eigenvalue weighted by atomic mass is 16.5. The summed E-state index contributed by atoms with van der Waals surface area (Å²) in [5.41, 5.74) is 2.67. The normalized spacial score (nSPS) is 11.1. The molecule has 4 nitrogen and oxygen atoms in total. The Balaban J connectivity index is 2.36. The zero-order valence-corrected chi connectivity index (χ0v) is 9.15. The van der Waals surface area contributed by atoms with E-state index >= 15 is 0 Å². The van der Waals surface area contributed by atoms with Gasteiger partial charge in [0.25, 0.3) is 0 Å². The fourth-order valence-corrected chi connectivity index (χ4v) is 1.38. The number of hydrogen-bond acceptors (Lipinski definition) is 3. The second-order valence-electron chi connectivity index (χ2n) is 3.57. The Morgan fingerprint density at radius 3 is 2.69 bits per heavy atom. The Hall–Kier alpha value is -2.10. The van der Waals surface area contributed by atoms with E-state index in [9.17, 15) is 4.79 Å². The van der Waals surface area contributed by atoms with Gasteiger partial charge in [-0.15, -0.1) is 0 Å². The van der Waals surface area contributed by atoms with Gasteiger partial charge in [-0.05, 0) is 25.5 Å². The van der Waals surface area contributed by atoms with Gasteiger partial charge < -0.3 is 4.52 Å². The minimum Gasteiger partial charge on any atom is -0.338 e. The molecule has 0 aliphatic carbocycles. The van der Waals surface area contributed by atoms with Gasteiger partial charge in [-0.3, -0.25) is 4.99 Å². The Morgan fingerprint density at radius 1 is 1.31 bits per heavy atom. The van der Waals surface area contributed by atoms with Crippen molar-refractivity contribution < 1.29 is 4.52 Å². The predicted octanol–water partition coefficient (Wildman–Crippen LogP) is 2.34. The molecule has 1 aromatic heterocycles. The van der Waals surface area contributed by atoms with Gasteiger partial charge in [0.1, 0.15) is 5.56 Å². The lowest BCUT2D eigenvalue weighted by molar-refractivity contribution is 0.387. The van der Waals surface area contributed by atoms with Crippen LogP contribution in [-0.4, -0.2) is 11.4 Å². The molecule has 16 heavy (non-hydrogen) atoms. The van der Waals surface area contributed by atoms with Crippen LogP contribution in [0, 0.1) is 13.8 Å². The number of aromatic amines is 1. The maximum Gasteiger partial charge on any atom is 0.366 e. The van der Waals surface area contributed by atoms with Crippen LogP contribution >= 0.6 is 0 Å². The van der Waals surface area contributed by atoms with Crippen molar-refractivity contribution in [2.45, 2.75) is 13.8 Å². The summed E-state index contributed by atoms with van der Waals surface area (Å²) in [6.45, 7) is 3.74. The fraction of sp³-hybridized carbons (Fsp3) is 0.167. The van der Waals surface area contributed by atoms with Crippen molar-refractivity contribution >= 4 is 11.9 Å². The number of H-pyrrole nitrogens is 1. The van der Waals surface area contributed by atoms with Crippen molar-refractivity contribution in [2.75, 3.05) is 0 Å². The van der Waals surface area contributed by atoms with Crippen molar-refractivity contribution in [3.63, 3.8) is 0 Å². The second kappa shape index (κ2) is 4.18. The van der Waals surface area contributed by atoms with E-state index in [4.69, 9.17) is 0 Å². The number of aromatic nitrogens is 1. The molecule has 4 heteroatoms. The molecule has 1 heterocycles. The van der Waals surface area contributed by atoms with Crippen molar-refractivity contribution in [3.05, 3.63) is 51.5 Å². The predicted molar refractivity (Wildman–Crippen MR) is 62.5 cm³/mol. The van der Waals surface area contributed by atoms with E-state index in [0.29, 0.717) is 11.3 Å². The summed E-state index contributed by atoms with van der Waals surface area (Å²) in [5.74, 6) is 0. The first kappa shape index (κ1) is 10.4. The Kier molecular flexibility index (Phi) is 2.72. The van der Waals surface area contributed by atoms with Crippen molar-refractivity contribution in [1.82, 2.24) is 5.16 Å². The van der Waals surface area contributed by atoms with Gasteiger partial charge in [0.05, 0.1) is 11.4 Å². The highest BCUT2D eigenvalue weighted by Crippen LogP contribution is 2.16. The van der Waals surface area contributed by atoms with E-state index in [1.165, 1.54) is 6.21 Å². The lowest BCUT2D eigenvalue weighted by Crippen LogP contribution is -2.00. The fourth-order valence-electron chi connectivity index (χ4n) is 1.38. The minimum atomic E-state index is -0.394. The molecule has 0 fully saturated rings. The molecule has 0 saturated carbocycles. The first-order valence-electron chi connectivity index (χ1n) is 4.96. The quantitative estimate of drug-likeness (QED) is 0.783. The van der Waals surface area contributed by atoms with Gasteiger partial charge in [-0.25, -0.2) is 9.95 Å². The average molecular weight is 216 g/mol. The van der Waals surface area contributed by atoms with Crippen LogP contribution in [0.3, 0.4) is 0 Å². The summed E-state index contributed by atoms with van der Waals surface area (Å²) in [4.78, 5) is 15.5. The lowest BCUT2D eigenvalue weighted by atomic mass is 10.2. The molecule has 0 atom stereocenters. The SMILES string of the molecule is Cc1ccccc1N=Cc1c(C)[nH]oc1=O. The number of para-hydroxylation sites is 1. The Bertz CT molecular complexity index is 579. The molecule has 2 aromatic rings. The van der Waals surface area contributed by atoms with Gasteiger partial charge in [-0.1, -0.05) is 18.2 Å². The zero-order chi connectivity index (χ0) is 11.5. The molecule has 0 spiro atoms. The molecule has 1 aromatic carbocycles. The van der Waals surface area contributed by atoms with E-state index in [-0.39, 0.29) is 0 Å². The third kappa shape index (κ3) is 1.95. The molecule has 1 N–H and O–H groups in total. The van der Waals surface area contributed by atoms with Crippen molar-refractivity contribution in [3.8, 4) is 0 Å². The van der Waals surface area contributed by atoms with Gasteiger partial charge in [0.2, 0.25) is 0 Å². The summed E-state index contributed by atoms with van der Waals surface area (Å²) in [5, 5.41) is 2.51. The zero-order valence-electron chi connectivity index (χ0n) is 9.15. The van der Waals surface area contributed by atoms with Gasteiger partial charge in [0.15, 0.2) is 0 Å². The highest BCUT2D eigenvalue weighted by Gasteiger charge is 2.04. The van der Waals surface area contributed by atoms with Gasteiger partial charge in [0, 0.05) is 6.21 Å². The maximum absolute atomic E-state index is 11.3. The molecule has 0 bridgehead atoms. The van der Waals surface area contributed by atoms with Crippen LogP contribution in [0.5, 0.6) is 0 Å². The van der Waals surface area contributed by atoms with Crippen LogP contribution in [0.15, 0.2) is 38.6 Å². The first-order valence-corrected chi connectivity index (χ1v) is 4.96.